The van der Waals surface area contributed by atoms with Crippen LogP contribution in [0, 0.1) is 28.4 Å². The summed E-state index contributed by atoms with van der Waals surface area (Å²) in [5.41, 5.74) is 8.42. The van der Waals surface area contributed by atoms with Crippen LogP contribution in [-0.2, 0) is 0 Å². The highest BCUT2D eigenvalue weighted by molar-refractivity contribution is 7.18. The second kappa shape index (κ2) is 6.76. The van der Waals surface area contributed by atoms with Crippen LogP contribution in [0.4, 0.5) is 10.7 Å². The predicted molar refractivity (Wildman–Crippen MR) is 88.0 cm³/mol. The predicted octanol–water partition coefficient (Wildman–Crippen LogP) is 1.89. The largest absolute Gasteiger partial charge is 0.507 e. The molecule has 1 heterocycles. The van der Waals surface area contributed by atoms with Crippen LogP contribution in [-0.4, -0.2) is 22.2 Å². The number of nitrogens with zero attached hydrogens (tertiary/aromatic N) is 3. The van der Waals surface area contributed by atoms with E-state index in [1.165, 1.54) is 0 Å². The summed E-state index contributed by atoms with van der Waals surface area (Å²) < 4.78 is 0. The molecule has 2 rings (SSSR count). The first kappa shape index (κ1) is 16.9. The van der Waals surface area contributed by atoms with Crippen LogP contribution in [0.3, 0.4) is 0 Å². The highest BCUT2D eigenvalue weighted by atomic mass is 32.1. The van der Waals surface area contributed by atoms with Gasteiger partial charge in [-0.25, -0.2) is 5.43 Å². The molecule has 2 aromatic rings. The molecular formula is C14H11N5O4S. The maximum atomic E-state index is 12.0. The Bertz CT molecular complexity index is 897. The number of nitrogens with two attached hydrogens (primary N) is 1. The van der Waals surface area contributed by atoms with Crippen molar-refractivity contribution in [1.29, 1.82) is 5.26 Å². The van der Waals surface area contributed by atoms with E-state index in [0.717, 1.165) is 35.8 Å². The van der Waals surface area contributed by atoms with Crippen molar-refractivity contribution in [1.82, 2.24) is 5.43 Å². The van der Waals surface area contributed by atoms with E-state index in [1.54, 1.807) is 6.92 Å². The molecule has 0 atom stereocenters. The fraction of sp³-hybridized carbons (Fsp3) is 0.0714. The van der Waals surface area contributed by atoms with Crippen molar-refractivity contribution >= 4 is 34.1 Å². The smallest absolute Gasteiger partial charge is 0.281 e. The number of rotatable bonds is 4. The molecule has 0 saturated heterocycles. The van der Waals surface area contributed by atoms with Crippen molar-refractivity contribution in [3.05, 3.63) is 49.9 Å². The molecule has 10 heteroatoms. The molecule has 9 nitrogen and oxygen atoms in total. The molecule has 0 bridgehead atoms. The summed E-state index contributed by atoms with van der Waals surface area (Å²) in [6.45, 7) is 1.59. The van der Waals surface area contributed by atoms with Crippen LogP contribution in [0.15, 0.2) is 23.3 Å². The molecule has 0 fully saturated rings. The van der Waals surface area contributed by atoms with E-state index < -0.39 is 10.8 Å². The SMILES string of the molecule is Cc1c(C(=O)N/N=C\c2cc([N+](=O)[O-])ccc2O)sc(N)c1C#N. The van der Waals surface area contributed by atoms with E-state index in [9.17, 15) is 20.0 Å². The molecule has 0 aliphatic carbocycles. The average molecular weight is 345 g/mol. The highest BCUT2D eigenvalue weighted by Gasteiger charge is 2.18. The van der Waals surface area contributed by atoms with Crippen molar-refractivity contribution in [3.63, 3.8) is 0 Å². The summed E-state index contributed by atoms with van der Waals surface area (Å²) in [5, 5.41) is 33.2. The van der Waals surface area contributed by atoms with Gasteiger partial charge in [-0.05, 0) is 18.6 Å². The number of non-ortho nitro benzene ring substituents is 1. The third kappa shape index (κ3) is 3.31. The number of phenols is 1. The monoisotopic (exact) mass is 345 g/mol. The molecule has 0 spiro atoms. The first-order valence-corrected chi connectivity index (χ1v) is 7.26. The number of carbonyl (C=O) groups is 1. The number of nitriles is 1. The number of hydrazone groups is 1. The van der Waals surface area contributed by atoms with Crippen molar-refractivity contribution in [2.75, 3.05) is 5.73 Å². The van der Waals surface area contributed by atoms with Crippen LogP contribution in [0.25, 0.3) is 0 Å². The van der Waals surface area contributed by atoms with Gasteiger partial charge in [-0.15, -0.1) is 11.3 Å². The second-order valence-electron chi connectivity index (χ2n) is 4.61. The summed E-state index contributed by atoms with van der Waals surface area (Å²) in [5.74, 6) is -0.797. The van der Waals surface area contributed by atoms with E-state index in [0.29, 0.717) is 5.56 Å². The fourth-order valence-electron chi connectivity index (χ4n) is 1.86. The number of nitro groups is 1. The molecule has 0 aliphatic rings. The van der Waals surface area contributed by atoms with Gasteiger partial charge in [0.15, 0.2) is 0 Å². The minimum Gasteiger partial charge on any atom is -0.507 e. The van der Waals surface area contributed by atoms with E-state index >= 15 is 0 Å². The Morgan fingerprint density at radius 1 is 1.58 bits per heavy atom. The summed E-state index contributed by atoms with van der Waals surface area (Å²) in [6.07, 6.45) is 1.08. The van der Waals surface area contributed by atoms with Crippen LogP contribution in [0.2, 0.25) is 0 Å². The fourth-order valence-corrected chi connectivity index (χ4v) is 2.78. The number of hydrogen-bond acceptors (Lipinski definition) is 8. The Morgan fingerprint density at radius 2 is 2.29 bits per heavy atom. The number of anilines is 1. The van der Waals surface area contributed by atoms with Crippen molar-refractivity contribution in [3.8, 4) is 11.8 Å². The standard InChI is InChI=1S/C14H11N5O4S/c1-7-10(5-15)13(16)24-12(7)14(21)18-17-6-8-4-9(19(22)23)2-3-11(8)20/h2-4,6,20H,16H2,1H3,(H,18,21)/b17-6-. The Kier molecular flexibility index (Phi) is 4.76. The molecule has 4 N–H and O–H groups in total. The zero-order valence-corrected chi connectivity index (χ0v) is 13.1. The van der Waals surface area contributed by atoms with Gasteiger partial charge in [0.25, 0.3) is 11.6 Å². The number of carbonyl (C=O) groups excluding carboxylic acids is 1. The lowest BCUT2D eigenvalue weighted by Crippen LogP contribution is -2.17. The Labute approximate surface area is 139 Å². The number of phenolic OH excluding ortho intramolecular Hbond substituents is 1. The van der Waals surface area contributed by atoms with Gasteiger partial charge < -0.3 is 10.8 Å². The van der Waals surface area contributed by atoms with Gasteiger partial charge in [0.05, 0.1) is 16.7 Å². The van der Waals surface area contributed by atoms with Gasteiger partial charge >= 0.3 is 0 Å². The van der Waals surface area contributed by atoms with E-state index in [1.807, 2.05) is 6.07 Å². The number of nitro benzene ring substituents is 1. The van der Waals surface area contributed by atoms with Gasteiger partial charge in [0.1, 0.15) is 21.7 Å². The molecule has 1 amide bonds. The maximum absolute atomic E-state index is 12.0. The number of amides is 1. The first-order valence-electron chi connectivity index (χ1n) is 6.45. The lowest BCUT2D eigenvalue weighted by Gasteiger charge is -2.00. The lowest BCUT2D eigenvalue weighted by molar-refractivity contribution is -0.384. The summed E-state index contributed by atoms with van der Waals surface area (Å²) in [6, 6.07) is 5.34. The van der Waals surface area contributed by atoms with Crippen molar-refractivity contribution < 1.29 is 14.8 Å². The zero-order valence-electron chi connectivity index (χ0n) is 12.3. The van der Waals surface area contributed by atoms with Gasteiger partial charge in [0, 0.05) is 17.7 Å². The lowest BCUT2D eigenvalue weighted by atomic mass is 10.2. The maximum Gasteiger partial charge on any atom is 0.281 e. The second-order valence-corrected chi connectivity index (χ2v) is 5.66. The van der Waals surface area contributed by atoms with Gasteiger partial charge in [-0.3, -0.25) is 14.9 Å². The molecule has 1 aromatic heterocycles. The minimum atomic E-state index is -0.615. The van der Waals surface area contributed by atoms with E-state index in [2.05, 4.69) is 10.5 Å². The number of nitrogens with one attached hydrogen (secondary N) is 1. The van der Waals surface area contributed by atoms with Crippen molar-refractivity contribution in [2.45, 2.75) is 6.92 Å². The molecule has 24 heavy (non-hydrogen) atoms. The summed E-state index contributed by atoms with van der Waals surface area (Å²) >= 11 is 0.960. The Hall–Kier alpha value is -3.45. The number of aromatic hydroxyl groups is 1. The number of benzene rings is 1. The molecule has 0 radical (unpaired) electrons. The normalized spacial score (nSPS) is 10.5. The third-order valence-electron chi connectivity index (χ3n) is 3.08. The third-order valence-corrected chi connectivity index (χ3v) is 4.20. The van der Waals surface area contributed by atoms with Crippen LogP contribution >= 0.6 is 11.3 Å². The van der Waals surface area contributed by atoms with Gasteiger partial charge in [0.2, 0.25) is 0 Å². The molecule has 0 saturated carbocycles. The molecule has 1 aromatic carbocycles. The quantitative estimate of drug-likeness (QED) is 0.436. The van der Waals surface area contributed by atoms with Crippen molar-refractivity contribution in [2.24, 2.45) is 5.10 Å². The van der Waals surface area contributed by atoms with E-state index in [-0.39, 0.29) is 32.4 Å². The number of hydrogen-bond donors (Lipinski definition) is 3. The average Bonchev–Trinajstić information content (AvgIpc) is 2.83. The molecule has 0 aliphatic heterocycles. The first-order chi connectivity index (χ1) is 11.3. The summed E-state index contributed by atoms with van der Waals surface area (Å²) in [4.78, 5) is 22.4. The Balaban J connectivity index is 2.18. The number of nitrogen functional groups attached to an aromatic ring is 1. The molecule has 0 unspecified atom stereocenters. The van der Waals surface area contributed by atoms with Crippen LogP contribution in [0.1, 0.15) is 26.4 Å². The van der Waals surface area contributed by atoms with Crippen LogP contribution in [0.5, 0.6) is 5.75 Å². The molecule has 122 valence electrons. The van der Waals surface area contributed by atoms with Crippen LogP contribution < -0.4 is 11.2 Å². The zero-order chi connectivity index (χ0) is 17.9. The highest BCUT2D eigenvalue weighted by Crippen LogP contribution is 2.29. The minimum absolute atomic E-state index is 0.0737. The van der Waals surface area contributed by atoms with Gasteiger partial charge in [-0.1, -0.05) is 0 Å². The Morgan fingerprint density at radius 3 is 2.88 bits per heavy atom. The van der Waals surface area contributed by atoms with E-state index in [4.69, 9.17) is 11.0 Å². The number of thiophene rings is 1. The molecular weight excluding hydrogens is 334 g/mol. The summed E-state index contributed by atoms with van der Waals surface area (Å²) in [7, 11) is 0. The van der Waals surface area contributed by atoms with Gasteiger partial charge in [-0.2, -0.15) is 10.4 Å². The topological polar surface area (TPSA) is 155 Å².